The van der Waals surface area contributed by atoms with Gasteiger partial charge in [0.05, 0.1) is 10.9 Å². The summed E-state index contributed by atoms with van der Waals surface area (Å²) in [5.41, 5.74) is 2.70. The Hall–Kier alpha value is -3.18. The van der Waals surface area contributed by atoms with Crippen LogP contribution in [0.4, 0.5) is 0 Å². The average Bonchev–Trinajstić information content (AvgIpc) is 3.50. The van der Waals surface area contributed by atoms with Gasteiger partial charge in [-0.15, -0.1) is 11.3 Å². The Balaban J connectivity index is 1.61. The highest BCUT2D eigenvalue weighted by Crippen LogP contribution is 2.41. The summed E-state index contributed by atoms with van der Waals surface area (Å²) in [5.74, 6) is 7.10. The van der Waals surface area contributed by atoms with E-state index < -0.39 is 0 Å². The summed E-state index contributed by atoms with van der Waals surface area (Å²) < 4.78 is 3.74. The molecule has 4 nitrogen and oxygen atoms in total. The lowest BCUT2D eigenvalue weighted by Crippen LogP contribution is -2.31. The van der Waals surface area contributed by atoms with Gasteiger partial charge in [-0.1, -0.05) is 42.5 Å². The number of thiophene rings is 1. The van der Waals surface area contributed by atoms with Crippen LogP contribution in [0.15, 0.2) is 65.5 Å². The number of rotatable bonds is 2. The quantitative estimate of drug-likeness (QED) is 0.435. The summed E-state index contributed by atoms with van der Waals surface area (Å²) in [6.45, 7) is 0. The molecule has 0 spiro atoms. The first-order valence-electron chi connectivity index (χ1n) is 9.43. The fourth-order valence-corrected chi connectivity index (χ4v) is 5.23. The molecular weight excluding hydrogens is 366 g/mol. The topological polar surface area (TPSA) is 60.9 Å². The first kappa shape index (κ1) is 15.8. The molecule has 0 bridgehead atoms. The third kappa shape index (κ3) is 2.23. The van der Waals surface area contributed by atoms with Crippen molar-refractivity contribution in [1.29, 1.82) is 0 Å². The third-order valence-electron chi connectivity index (χ3n) is 5.59. The Morgan fingerprint density at radius 3 is 2.64 bits per heavy atom. The Morgan fingerprint density at radius 1 is 0.964 bits per heavy atom. The zero-order valence-corrected chi connectivity index (χ0v) is 15.9. The molecule has 0 saturated heterocycles. The minimum Gasteiger partial charge on any atom is -0.335 e. The molecule has 2 aromatic heterocycles. The van der Waals surface area contributed by atoms with E-state index >= 15 is 0 Å². The van der Waals surface area contributed by atoms with Gasteiger partial charge in [-0.2, -0.15) is 0 Å². The van der Waals surface area contributed by atoms with Gasteiger partial charge in [0.15, 0.2) is 0 Å². The summed E-state index contributed by atoms with van der Waals surface area (Å²) in [6, 6.07) is 20.8. The smallest absolute Gasteiger partial charge is 0.279 e. The van der Waals surface area contributed by atoms with E-state index in [2.05, 4.69) is 53.5 Å². The molecule has 0 radical (unpaired) electrons. The summed E-state index contributed by atoms with van der Waals surface area (Å²) in [4.78, 5) is 17.5. The molecule has 6 rings (SSSR count). The third-order valence-corrected chi connectivity index (χ3v) is 6.81. The molecule has 0 amide bonds. The van der Waals surface area contributed by atoms with E-state index in [1.807, 2.05) is 12.1 Å². The van der Waals surface area contributed by atoms with Gasteiger partial charge in [-0.25, -0.2) is 9.66 Å². The highest BCUT2D eigenvalue weighted by molar-refractivity contribution is 7.26. The van der Waals surface area contributed by atoms with Crippen LogP contribution in [-0.4, -0.2) is 9.66 Å². The Bertz CT molecular complexity index is 1460. The second-order valence-corrected chi connectivity index (χ2v) is 8.48. The molecule has 1 aliphatic rings. The van der Waals surface area contributed by atoms with E-state index in [4.69, 9.17) is 5.84 Å². The number of hydrogen-bond donors (Lipinski definition) is 1. The van der Waals surface area contributed by atoms with Gasteiger partial charge in [0.2, 0.25) is 0 Å². The number of aromatic nitrogens is 2. The lowest BCUT2D eigenvalue weighted by Gasteiger charge is -2.09. The second-order valence-electron chi connectivity index (χ2n) is 7.43. The molecule has 5 aromatic rings. The van der Waals surface area contributed by atoms with Gasteiger partial charge in [0.1, 0.15) is 5.82 Å². The molecule has 1 aliphatic carbocycles. The van der Waals surface area contributed by atoms with E-state index in [1.165, 1.54) is 24.8 Å². The molecule has 1 fully saturated rings. The van der Waals surface area contributed by atoms with Crippen LogP contribution in [0.5, 0.6) is 0 Å². The van der Waals surface area contributed by atoms with Gasteiger partial charge < -0.3 is 5.84 Å². The number of benzene rings is 3. The van der Waals surface area contributed by atoms with Crippen LogP contribution < -0.4 is 11.4 Å². The van der Waals surface area contributed by atoms with E-state index in [9.17, 15) is 4.79 Å². The number of nitrogen functional groups attached to an aromatic ring is 1. The van der Waals surface area contributed by atoms with Crippen LogP contribution in [0, 0.1) is 0 Å². The summed E-state index contributed by atoms with van der Waals surface area (Å²) >= 11 is 1.79. The van der Waals surface area contributed by atoms with Gasteiger partial charge in [-0.3, -0.25) is 4.79 Å². The summed E-state index contributed by atoms with van der Waals surface area (Å²) in [7, 11) is 0. The molecule has 2 N–H and O–H groups in total. The molecule has 2 heterocycles. The minimum absolute atomic E-state index is 0.169. The van der Waals surface area contributed by atoms with Crippen molar-refractivity contribution in [1.82, 2.24) is 9.66 Å². The number of hydrogen-bond acceptors (Lipinski definition) is 4. The predicted octanol–water partition coefficient (Wildman–Crippen LogP) is 5.02. The van der Waals surface area contributed by atoms with E-state index in [-0.39, 0.29) is 5.56 Å². The van der Waals surface area contributed by atoms with Crippen molar-refractivity contribution in [3.8, 4) is 11.1 Å². The van der Waals surface area contributed by atoms with Crippen LogP contribution in [-0.2, 0) is 0 Å². The molecule has 0 atom stereocenters. The van der Waals surface area contributed by atoms with Crippen LogP contribution in [0.1, 0.15) is 24.6 Å². The van der Waals surface area contributed by atoms with Crippen molar-refractivity contribution in [2.24, 2.45) is 0 Å². The van der Waals surface area contributed by atoms with E-state index in [1.54, 1.807) is 11.3 Å². The molecule has 0 unspecified atom stereocenters. The van der Waals surface area contributed by atoms with Crippen molar-refractivity contribution >= 4 is 42.4 Å². The average molecular weight is 383 g/mol. The highest BCUT2D eigenvalue weighted by Gasteiger charge is 2.29. The Morgan fingerprint density at radius 2 is 1.79 bits per heavy atom. The molecule has 3 aromatic carbocycles. The van der Waals surface area contributed by atoms with Gasteiger partial charge in [0.25, 0.3) is 5.56 Å². The van der Waals surface area contributed by atoms with E-state index in [0.29, 0.717) is 17.1 Å². The van der Waals surface area contributed by atoms with Crippen LogP contribution >= 0.6 is 11.3 Å². The maximum atomic E-state index is 12.9. The fraction of sp³-hybridized carbons (Fsp3) is 0.130. The molecular formula is C23H17N3OS. The van der Waals surface area contributed by atoms with Crippen LogP contribution in [0.3, 0.4) is 0 Å². The number of nitrogens with zero attached hydrogens (tertiary/aromatic N) is 2. The standard InChI is InChI=1S/C23H17N3OS/c24-26-22(13-8-9-13)25-19-11-10-14(12-18(19)23(26)27)15-5-3-6-17-16-4-1-2-7-20(16)28-21(15)17/h1-7,10-13H,8-9,24H2. The monoisotopic (exact) mass is 383 g/mol. The second kappa shape index (κ2) is 5.66. The van der Waals surface area contributed by atoms with Crippen LogP contribution in [0.25, 0.3) is 42.2 Å². The first-order chi connectivity index (χ1) is 13.7. The maximum Gasteiger partial charge on any atom is 0.279 e. The van der Waals surface area contributed by atoms with Crippen LogP contribution in [0.2, 0.25) is 0 Å². The molecule has 136 valence electrons. The lowest BCUT2D eigenvalue weighted by molar-refractivity contribution is 0.791. The largest absolute Gasteiger partial charge is 0.335 e. The van der Waals surface area contributed by atoms with Crippen molar-refractivity contribution < 1.29 is 0 Å². The number of fused-ring (bicyclic) bond motifs is 4. The highest BCUT2D eigenvalue weighted by atomic mass is 32.1. The lowest BCUT2D eigenvalue weighted by atomic mass is 10.0. The van der Waals surface area contributed by atoms with Crippen molar-refractivity contribution in [2.75, 3.05) is 5.84 Å². The Labute approximate surface area is 164 Å². The van der Waals surface area contributed by atoms with Crippen molar-refractivity contribution in [2.45, 2.75) is 18.8 Å². The molecule has 5 heteroatoms. The Kier molecular flexibility index (Phi) is 3.20. The maximum absolute atomic E-state index is 12.9. The molecule has 1 saturated carbocycles. The number of nitrogens with two attached hydrogens (primary N) is 1. The normalized spacial score (nSPS) is 14.3. The molecule has 28 heavy (non-hydrogen) atoms. The van der Waals surface area contributed by atoms with Gasteiger partial charge >= 0.3 is 0 Å². The summed E-state index contributed by atoms with van der Waals surface area (Å²) in [6.07, 6.45) is 2.11. The minimum atomic E-state index is -0.169. The SMILES string of the molecule is Nn1c(C2CC2)nc2ccc(-c3cccc4c3sc3ccccc34)cc2c1=O. The zero-order valence-electron chi connectivity index (χ0n) is 15.1. The van der Waals surface area contributed by atoms with Gasteiger partial charge in [-0.05, 0) is 42.2 Å². The molecule has 0 aliphatic heterocycles. The van der Waals surface area contributed by atoms with Crippen molar-refractivity contribution in [3.63, 3.8) is 0 Å². The van der Waals surface area contributed by atoms with Gasteiger partial charge in [0, 0.05) is 26.1 Å². The zero-order chi connectivity index (χ0) is 18.8. The van der Waals surface area contributed by atoms with E-state index in [0.717, 1.165) is 29.5 Å². The predicted molar refractivity (Wildman–Crippen MR) is 116 cm³/mol. The fourth-order valence-electron chi connectivity index (χ4n) is 3.99. The summed E-state index contributed by atoms with van der Waals surface area (Å²) in [5, 5.41) is 3.09. The van der Waals surface area contributed by atoms with Crippen molar-refractivity contribution in [3.05, 3.63) is 76.8 Å². The first-order valence-corrected chi connectivity index (χ1v) is 10.2.